The van der Waals surface area contributed by atoms with Gasteiger partial charge in [0, 0.05) is 5.56 Å². The first-order chi connectivity index (χ1) is 9.38. The van der Waals surface area contributed by atoms with Crippen LogP contribution in [0.3, 0.4) is 0 Å². The van der Waals surface area contributed by atoms with Crippen LogP contribution in [0.4, 0.5) is 13.2 Å². The average molecular weight is 345 g/mol. The molecule has 7 heteroatoms. The minimum Gasteiger partial charge on any atom is -0.450 e. The summed E-state index contributed by atoms with van der Waals surface area (Å²) in [5.41, 5.74) is 5.06. The summed E-state index contributed by atoms with van der Waals surface area (Å²) in [6.07, 6.45) is 0. The predicted octanol–water partition coefficient (Wildman–Crippen LogP) is 3.94. The highest BCUT2D eigenvalue weighted by Crippen LogP contribution is 2.33. The van der Waals surface area contributed by atoms with Crippen LogP contribution >= 0.6 is 15.9 Å². The van der Waals surface area contributed by atoms with Gasteiger partial charge in [-0.3, -0.25) is 5.41 Å². The Morgan fingerprint density at radius 2 is 1.70 bits per heavy atom. The molecule has 2 aromatic carbocycles. The van der Waals surface area contributed by atoms with Crippen molar-refractivity contribution in [1.82, 2.24) is 0 Å². The molecular formula is C13H8BrF3N2O. The van der Waals surface area contributed by atoms with E-state index in [1.807, 2.05) is 0 Å². The van der Waals surface area contributed by atoms with Crippen LogP contribution in [0.15, 0.2) is 34.8 Å². The monoisotopic (exact) mass is 344 g/mol. The van der Waals surface area contributed by atoms with E-state index in [0.29, 0.717) is 0 Å². The lowest BCUT2D eigenvalue weighted by Gasteiger charge is -2.10. The number of hydrogen-bond donors (Lipinski definition) is 2. The van der Waals surface area contributed by atoms with Crippen LogP contribution < -0.4 is 10.5 Å². The van der Waals surface area contributed by atoms with E-state index < -0.39 is 29.0 Å². The zero-order chi connectivity index (χ0) is 14.9. The molecule has 0 bridgehead atoms. The summed E-state index contributed by atoms with van der Waals surface area (Å²) in [5.74, 6) is -3.59. The molecule has 0 aliphatic rings. The summed E-state index contributed by atoms with van der Waals surface area (Å²) in [6.45, 7) is 0. The number of nitrogens with one attached hydrogen (secondary N) is 1. The standard InChI is InChI=1S/C13H8BrF3N2O/c14-8-5-7(15)1-2-11(8)20-12-9(16)3-6(13(18)19)4-10(12)17/h1-5H,(H3,18,19). The number of benzene rings is 2. The minimum atomic E-state index is -1.01. The van der Waals surface area contributed by atoms with Gasteiger partial charge in [0.25, 0.3) is 0 Å². The van der Waals surface area contributed by atoms with Crippen LogP contribution in [0.1, 0.15) is 5.56 Å². The highest BCUT2D eigenvalue weighted by molar-refractivity contribution is 9.10. The van der Waals surface area contributed by atoms with Crippen molar-refractivity contribution in [3.63, 3.8) is 0 Å². The number of hydrogen-bond acceptors (Lipinski definition) is 2. The Balaban J connectivity index is 2.41. The summed E-state index contributed by atoms with van der Waals surface area (Å²) >= 11 is 3.03. The minimum absolute atomic E-state index is 0.0553. The molecule has 0 unspecified atom stereocenters. The van der Waals surface area contributed by atoms with Gasteiger partial charge in [-0.2, -0.15) is 0 Å². The van der Waals surface area contributed by atoms with Gasteiger partial charge in [0.15, 0.2) is 17.4 Å². The SMILES string of the molecule is N=C(N)c1cc(F)c(Oc2ccc(F)cc2Br)c(F)c1. The quantitative estimate of drug-likeness (QED) is 0.654. The lowest BCUT2D eigenvalue weighted by molar-refractivity contribution is 0.404. The Morgan fingerprint density at radius 1 is 1.10 bits per heavy atom. The van der Waals surface area contributed by atoms with Crippen molar-refractivity contribution in [2.45, 2.75) is 0 Å². The summed E-state index contributed by atoms with van der Waals surface area (Å²) < 4.78 is 45.7. The number of nitrogens with two attached hydrogens (primary N) is 1. The molecule has 0 aliphatic heterocycles. The van der Waals surface area contributed by atoms with Gasteiger partial charge >= 0.3 is 0 Å². The van der Waals surface area contributed by atoms with E-state index in [1.54, 1.807) is 0 Å². The molecule has 2 rings (SSSR count). The van der Waals surface area contributed by atoms with Gasteiger partial charge in [0.2, 0.25) is 0 Å². The molecular weight excluding hydrogens is 337 g/mol. The van der Waals surface area contributed by atoms with Gasteiger partial charge in [0.05, 0.1) is 4.47 Å². The first kappa shape index (κ1) is 14.4. The van der Waals surface area contributed by atoms with E-state index in [-0.39, 0.29) is 15.8 Å². The third-order valence-electron chi connectivity index (χ3n) is 2.42. The molecule has 0 amide bonds. The largest absolute Gasteiger partial charge is 0.450 e. The van der Waals surface area contributed by atoms with E-state index in [0.717, 1.165) is 24.3 Å². The fourth-order valence-corrected chi connectivity index (χ4v) is 1.91. The Morgan fingerprint density at radius 3 is 2.20 bits per heavy atom. The van der Waals surface area contributed by atoms with Gasteiger partial charge in [-0.25, -0.2) is 13.2 Å². The van der Waals surface area contributed by atoms with Crippen molar-refractivity contribution in [3.8, 4) is 11.5 Å². The molecule has 2 aromatic rings. The van der Waals surface area contributed by atoms with Crippen LogP contribution in [0.2, 0.25) is 0 Å². The molecule has 3 nitrogen and oxygen atoms in total. The lowest BCUT2D eigenvalue weighted by atomic mass is 10.2. The van der Waals surface area contributed by atoms with E-state index in [2.05, 4.69) is 15.9 Å². The highest BCUT2D eigenvalue weighted by atomic mass is 79.9. The molecule has 20 heavy (non-hydrogen) atoms. The van der Waals surface area contributed by atoms with Crippen molar-refractivity contribution in [3.05, 3.63) is 57.8 Å². The number of rotatable bonds is 3. The van der Waals surface area contributed by atoms with Gasteiger partial charge < -0.3 is 10.5 Å². The molecule has 0 radical (unpaired) electrons. The van der Waals surface area contributed by atoms with Crippen molar-refractivity contribution in [2.75, 3.05) is 0 Å². The number of amidine groups is 1. The van der Waals surface area contributed by atoms with Crippen molar-refractivity contribution in [1.29, 1.82) is 5.41 Å². The second-order valence-electron chi connectivity index (χ2n) is 3.86. The van der Waals surface area contributed by atoms with E-state index in [9.17, 15) is 13.2 Å². The topological polar surface area (TPSA) is 59.1 Å². The maximum Gasteiger partial charge on any atom is 0.198 e. The van der Waals surface area contributed by atoms with Crippen LogP contribution in [-0.2, 0) is 0 Å². The van der Waals surface area contributed by atoms with Crippen molar-refractivity contribution in [2.24, 2.45) is 5.73 Å². The molecule has 0 heterocycles. The molecule has 0 aromatic heterocycles. The third kappa shape index (κ3) is 2.93. The van der Waals surface area contributed by atoms with E-state index in [1.165, 1.54) is 6.07 Å². The number of nitrogen functional groups attached to an aromatic ring is 1. The summed E-state index contributed by atoms with van der Waals surface area (Å²) in [5, 5.41) is 7.13. The summed E-state index contributed by atoms with van der Waals surface area (Å²) in [7, 11) is 0. The second kappa shape index (κ2) is 5.54. The van der Waals surface area contributed by atoms with Gasteiger partial charge in [-0.05, 0) is 46.3 Å². The Hall–Kier alpha value is -2.02. The second-order valence-corrected chi connectivity index (χ2v) is 4.71. The third-order valence-corrected chi connectivity index (χ3v) is 3.03. The van der Waals surface area contributed by atoms with Crippen LogP contribution in [0.5, 0.6) is 11.5 Å². The molecule has 0 fully saturated rings. The Kier molecular flexibility index (Phi) is 3.99. The van der Waals surface area contributed by atoms with E-state index in [4.69, 9.17) is 15.9 Å². The maximum absolute atomic E-state index is 13.8. The molecule has 0 aliphatic carbocycles. The first-order valence-electron chi connectivity index (χ1n) is 5.35. The molecule has 104 valence electrons. The van der Waals surface area contributed by atoms with E-state index >= 15 is 0 Å². The Bertz CT molecular complexity index is 668. The normalized spacial score (nSPS) is 10.4. The maximum atomic E-state index is 13.8. The highest BCUT2D eigenvalue weighted by Gasteiger charge is 2.16. The van der Waals surface area contributed by atoms with Gasteiger partial charge in [-0.15, -0.1) is 0 Å². The smallest absolute Gasteiger partial charge is 0.198 e. The molecule has 0 saturated carbocycles. The average Bonchev–Trinajstić information content (AvgIpc) is 2.35. The summed E-state index contributed by atoms with van der Waals surface area (Å²) in [4.78, 5) is 0. The summed E-state index contributed by atoms with van der Waals surface area (Å²) in [6, 6.07) is 5.21. The lowest BCUT2D eigenvalue weighted by Crippen LogP contribution is -2.12. The fourth-order valence-electron chi connectivity index (χ4n) is 1.48. The van der Waals surface area contributed by atoms with Crippen LogP contribution in [0.25, 0.3) is 0 Å². The van der Waals surface area contributed by atoms with Crippen LogP contribution in [0, 0.1) is 22.9 Å². The Labute approximate surface area is 120 Å². The van der Waals surface area contributed by atoms with Crippen molar-refractivity contribution < 1.29 is 17.9 Å². The predicted molar refractivity (Wildman–Crippen MR) is 71.5 cm³/mol. The first-order valence-corrected chi connectivity index (χ1v) is 6.14. The zero-order valence-electron chi connectivity index (χ0n) is 9.88. The van der Waals surface area contributed by atoms with Crippen LogP contribution in [-0.4, -0.2) is 5.84 Å². The zero-order valence-corrected chi connectivity index (χ0v) is 11.5. The molecule has 0 saturated heterocycles. The number of ether oxygens (including phenoxy) is 1. The fraction of sp³-hybridized carbons (Fsp3) is 0. The van der Waals surface area contributed by atoms with Crippen molar-refractivity contribution >= 4 is 21.8 Å². The number of halogens is 4. The molecule has 0 spiro atoms. The van der Waals surface area contributed by atoms with Gasteiger partial charge in [-0.1, -0.05) is 0 Å². The molecule has 3 N–H and O–H groups in total. The van der Waals surface area contributed by atoms with Gasteiger partial charge in [0.1, 0.15) is 17.4 Å². The molecule has 0 atom stereocenters.